The fourth-order valence-electron chi connectivity index (χ4n) is 3.39. The molecule has 3 heteroatoms. The fourth-order valence-corrected chi connectivity index (χ4v) is 3.80. The van der Waals surface area contributed by atoms with E-state index in [9.17, 15) is 4.79 Å². The molecule has 20 heavy (non-hydrogen) atoms. The Kier molecular flexibility index (Phi) is 5.36. The van der Waals surface area contributed by atoms with Crippen LogP contribution in [-0.4, -0.2) is 11.9 Å². The average molecular weight is 293 g/mol. The highest BCUT2D eigenvalue weighted by molar-refractivity contribution is 7.84. The van der Waals surface area contributed by atoms with E-state index >= 15 is 0 Å². The standard InChI is InChI=1S/C17H27NOS/c1-11-7-6-9-15(12(11)2)18-17(19)13(3)14-8-4-5-10-16(14)20/h11-12,15,20H,3-10H2,1-2H3,(H,18,19). The molecule has 1 saturated carbocycles. The molecule has 1 N–H and O–H groups in total. The van der Waals surface area contributed by atoms with Gasteiger partial charge in [0.05, 0.1) is 0 Å². The molecule has 2 aliphatic carbocycles. The topological polar surface area (TPSA) is 29.1 Å². The Morgan fingerprint density at radius 2 is 1.90 bits per heavy atom. The highest BCUT2D eigenvalue weighted by atomic mass is 32.1. The van der Waals surface area contributed by atoms with E-state index in [2.05, 4.69) is 38.4 Å². The smallest absolute Gasteiger partial charge is 0.251 e. The zero-order chi connectivity index (χ0) is 14.7. The van der Waals surface area contributed by atoms with Crippen LogP contribution in [0.1, 0.15) is 58.8 Å². The minimum atomic E-state index is 0.0133. The van der Waals surface area contributed by atoms with Crippen molar-refractivity contribution in [2.45, 2.75) is 64.8 Å². The lowest BCUT2D eigenvalue weighted by molar-refractivity contribution is -0.118. The molecular formula is C17H27NOS. The van der Waals surface area contributed by atoms with Crippen LogP contribution in [0.3, 0.4) is 0 Å². The molecule has 3 unspecified atom stereocenters. The average Bonchev–Trinajstić information content (AvgIpc) is 2.43. The van der Waals surface area contributed by atoms with Crippen molar-refractivity contribution in [3.8, 4) is 0 Å². The van der Waals surface area contributed by atoms with Crippen LogP contribution in [0.25, 0.3) is 0 Å². The SMILES string of the molecule is C=C(C(=O)NC1CCCC(C)C1C)C1=C(S)CCCC1. The predicted molar refractivity (Wildman–Crippen MR) is 87.7 cm³/mol. The number of carbonyl (C=O) groups excluding carboxylic acids is 1. The molecule has 0 aromatic rings. The Hall–Kier alpha value is -0.700. The second kappa shape index (κ2) is 6.84. The van der Waals surface area contributed by atoms with Gasteiger partial charge >= 0.3 is 0 Å². The zero-order valence-corrected chi connectivity index (χ0v) is 13.6. The lowest BCUT2D eigenvalue weighted by Crippen LogP contribution is -2.44. The van der Waals surface area contributed by atoms with Gasteiger partial charge in [-0.15, -0.1) is 12.6 Å². The predicted octanol–water partition coefficient (Wildman–Crippen LogP) is 4.24. The molecule has 0 spiro atoms. The van der Waals surface area contributed by atoms with Gasteiger partial charge in [-0.05, 0) is 54.4 Å². The van der Waals surface area contributed by atoms with Crippen LogP contribution in [0.15, 0.2) is 22.6 Å². The van der Waals surface area contributed by atoms with Crippen molar-refractivity contribution < 1.29 is 4.79 Å². The maximum atomic E-state index is 12.4. The van der Waals surface area contributed by atoms with Gasteiger partial charge in [0, 0.05) is 11.6 Å². The summed E-state index contributed by atoms with van der Waals surface area (Å²) in [5, 5.41) is 3.21. The van der Waals surface area contributed by atoms with Crippen LogP contribution in [0.4, 0.5) is 0 Å². The van der Waals surface area contributed by atoms with Crippen LogP contribution >= 0.6 is 12.6 Å². The number of carbonyl (C=O) groups is 1. The molecule has 0 saturated heterocycles. The first-order valence-corrected chi connectivity index (χ1v) is 8.36. The van der Waals surface area contributed by atoms with Crippen molar-refractivity contribution in [1.82, 2.24) is 5.32 Å². The number of rotatable bonds is 3. The molecule has 112 valence electrons. The third kappa shape index (κ3) is 3.49. The molecule has 0 aromatic carbocycles. The molecule has 1 fully saturated rings. The van der Waals surface area contributed by atoms with Crippen molar-refractivity contribution in [1.29, 1.82) is 0 Å². The Labute approximate surface area is 128 Å². The van der Waals surface area contributed by atoms with Gasteiger partial charge in [0.2, 0.25) is 0 Å². The van der Waals surface area contributed by atoms with Crippen LogP contribution < -0.4 is 5.32 Å². The van der Waals surface area contributed by atoms with Gasteiger partial charge in [-0.3, -0.25) is 4.79 Å². The van der Waals surface area contributed by atoms with Crippen molar-refractivity contribution in [2.24, 2.45) is 11.8 Å². The molecule has 2 nitrogen and oxygen atoms in total. The molecular weight excluding hydrogens is 266 g/mol. The van der Waals surface area contributed by atoms with Gasteiger partial charge in [0.1, 0.15) is 0 Å². The number of nitrogens with one attached hydrogen (secondary N) is 1. The lowest BCUT2D eigenvalue weighted by atomic mass is 9.78. The molecule has 0 bridgehead atoms. The van der Waals surface area contributed by atoms with Crippen LogP contribution in [0.5, 0.6) is 0 Å². The van der Waals surface area contributed by atoms with Crippen molar-refractivity contribution in [2.75, 3.05) is 0 Å². The summed E-state index contributed by atoms with van der Waals surface area (Å²) in [6.07, 6.45) is 7.83. The second-order valence-corrected chi connectivity index (χ2v) is 7.00. The van der Waals surface area contributed by atoms with Crippen molar-refractivity contribution >= 4 is 18.5 Å². The summed E-state index contributed by atoms with van der Waals surface area (Å²) < 4.78 is 0. The lowest BCUT2D eigenvalue weighted by Gasteiger charge is -2.35. The molecule has 2 rings (SSSR count). The number of allylic oxidation sites excluding steroid dienone is 1. The summed E-state index contributed by atoms with van der Waals surface area (Å²) in [4.78, 5) is 13.5. The number of hydrogen-bond donors (Lipinski definition) is 2. The maximum absolute atomic E-state index is 12.4. The first-order valence-electron chi connectivity index (χ1n) is 7.91. The Morgan fingerprint density at radius 1 is 1.20 bits per heavy atom. The van der Waals surface area contributed by atoms with Crippen LogP contribution in [0, 0.1) is 11.8 Å². The number of thiol groups is 1. The van der Waals surface area contributed by atoms with E-state index in [4.69, 9.17) is 0 Å². The molecule has 0 radical (unpaired) electrons. The van der Waals surface area contributed by atoms with Crippen molar-refractivity contribution in [3.63, 3.8) is 0 Å². The number of hydrogen-bond acceptors (Lipinski definition) is 2. The Morgan fingerprint density at radius 3 is 2.60 bits per heavy atom. The normalized spacial score (nSPS) is 31.1. The Bertz CT molecular complexity index is 427. The first kappa shape index (κ1) is 15.7. The highest BCUT2D eigenvalue weighted by Gasteiger charge is 2.29. The van der Waals surface area contributed by atoms with Gasteiger partial charge in [-0.1, -0.05) is 33.3 Å². The van der Waals surface area contributed by atoms with Crippen molar-refractivity contribution in [3.05, 3.63) is 22.6 Å². The van der Waals surface area contributed by atoms with E-state index in [1.54, 1.807) is 0 Å². The molecule has 1 amide bonds. The monoisotopic (exact) mass is 293 g/mol. The zero-order valence-electron chi connectivity index (χ0n) is 12.7. The maximum Gasteiger partial charge on any atom is 0.251 e. The molecule has 3 atom stereocenters. The summed E-state index contributed by atoms with van der Waals surface area (Å²) in [5.41, 5.74) is 1.72. The second-order valence-electron chi connectivity index (χ2n) is 6.46. The summed E-state index contributed by atoms with van der Waals surface area (Å²) in [5.74, 6) is 1.26. The minimum Gasteiger partial charge on any atom is -0.349 e. The third-order valence-corrected chi connectivity index (χ3v) is 5.59. The van der Waals surface area contributed by atoms with Gasteiger partial charge in [0.25, 0.3) is 5.91 Å². The van der Waals surface area contributed by atoms with Gasteiger partial charge in [-0.25, -0.2) is 0 Å². The summed E-state index contributed by atoms with van der Waals surface area (Å²) in [6, 6.07) is 0.301. The molecule has 0 heterocycles. The summed E-state index contributed by atoms with van der Waals surface area (Å²) in [6.45, 7) is 8.56. The largest absolute Gasteiger partial charge is 0.349 e. The molecule has 0 aliphatic heterocycles. The van der Waals surface area contributed by atoms with E-state index < -0.39 is 0 Å². The van der Waals surface area contributed by atoms with E-state index in [0.29, 0.717) is 23.5 Å². The summed E-state index contributed by atoms with van der Waals surface area (Å²) >= 11 is 4.53. The van der Waals surface area contributed by atoms with E-state index in [1.165, 1.54) is 19.3 Å². The molecule has 0 aromatic heterocycles. The van der Waals surface area contributed by atoms with E-state index in [-0.39, 0.29) is 5.91 Å². The van der Waals surface area contributed by atoms with Crippen LogP contribution in [0.2, 0.25) is 0 Å². The highest BCUT2D eigenvalue weighted by Crippen LogP contribution is 2.33. The quantitative estimate of drug-likeness (QED) is 0.591. The van der Waals surface area contributed by atoms with Gasteiger partial charge < -0.3 is 5.32 Å². The number of amides is 1. The van der Waals surface area contributed by atoms with E-state index in [1.807, 2.05) is 0 Å². The minimum absolute atomic E-state index is 0.0133. The van der Waals surface area contributed by atoms with Gasteiger partial charge in [-0.2, -0.15) is 0 Å². The van der Waals surface area contributed by atoms with E-state index in [0.717, 1.165) is 36.2 Å². The van der Waals surface area contributed by atoms with Crippen LogP contribution in [-0.2, 0) is 4.79 Å². The first-order chi connectivity index (χ1) is 9.50. The van der Waals surface area contributed by atoms with Gasteiger partial charge in [0.15, 0.2) is 0 Å². The third-order valence-electron chi connectivity index (χ3n) is 5.10. The molecule has 2 aliphatic rings. The summed E-state index contributed by atoms with van der Waals surface area (Å²) in [7, 11) is 0. The Balaban J connectivity index is 1.99. The fraction of sp³-hybridized carbons (Fsp3) is 0.706.